The normalized spacial score (nSPS) is 10.6. The van der Waals surface area contributed by atoms with Crippen molar-refractivity contribution < 1.29 is 9.90 Å². The molecule has 0 amide bonds. The Balaban J connectivity index is 2.22. The molecule has 0 fully saturated rings. The summed E-state index contributed by atoms with van der Waals surface area (Å²) in [5.74, 6) is -1.29. The molecule has 0 aliphatic rings. The van der Waals surface area contributed by atoms with E-state index < -0.39 is 5.97 Å². The van der Waals surface area contributed by atoms with E-state index in [-0.39, 0.29) is 5.56 Å². The maximum absolute atomic E-state index is 10.8. The van der Waals surface area contributed by atoms with Gasteiger partial charge in [-0.3, -0.25) is 5.43 Å². The second-order valence-electron chi connectivity index (χ2n) is 4.59. The van der Waals surface area contributed by atoms with Gasteiger partial charge in [0.05, 0.1) is 22.9 Å². The molecule has 1 heterocycles. The first-order chi connectivity index (χ1) is 10.4. The maximum atomic E-state index is 10.8. The molecule has 0 bridgehead atoms. The number of benzene rings is 1. The van der Waals surface area contributed by atoms with Gasteiger partial charge in [0.25, 0.3) is 0 Å². The van der Waals surface area contributed by atoms with Gasteiger partial charge in [0.15, 0.2) is 0 Å². The number of nitriles is 1. The summed E-state index contributed by atoms with van der Waals surface area (Å²) in [6, 6.07) is 7.93. The minimum absolute atomic E-state index is 0.00441. The monoisotopic (exact) mass is 315 g/mol. The SMILES string of the molecule is Cc1c(/C=N\Nc2cc(C(=O)[O-])ccc2Cl)cc(C#N)n1C. The van der Waals surface area contributed by atoms with Crippen LogP contribution >= 0.6 is 11.6 Å². The number of carboxylic acids is 1. The van der Waals surface area contributed by atoms with E-state index in [4.69, 9.17) is 16.9 Å². The van der Waals surface area contributed by atoms with Crippen LogP contribution in [0.1, 0.15) is 27.3 Å². The summed E-state index contributed by atoms with van der Waals surface area (Å²) in [5.41, 5.74) is 5.23. The van der Waals surface area contributed by atoms with E-state index in [1.165, 1.54) is 24.4 Å². The van der Waals surface area contributed by atoms with Crippen LogP contribution in [0, 0.1) is 18.3 Å². The van der Waals surface area contributed by atoms with Crippen LogP contribution in [0.5, 0.6) is 0 Å². The number of hydrazone groups is 1. The molecule has 0 aliphatic heterocycles. The zero-order valence-electron chi connectivity index (χ0n) is 11.9. The minimum Gasteiger partial charge on any atom is -0.545 e. The molecule has 0 radical (unpaired) electrons. The van der Waals surface area contributed by atoms with Crippen molar-refractivity contribution in [2.45, 2.75) is 6.92 Å². The number of anilines is 1. The Bertz CT molecular complexity index is 803. The number of halogens is 1. The second kappa shape index (κ2) is 6.33. The topological polar surface area (TPSA) is 93.2 Å². The van der Waals surface area contributed by atoms with Gasteiger partial charge < -0.3 is 14.5 Å². The van der Waals surface area contributed by atoms with Crippen LogP contribution in [-0.2, 0) is 7.05 Å². The Morgan fingerprint density at radius 3 is 2.82 bits per heavy atom. The highest BCUT2D eigenvalue weighted by Crippen LogP contribution is 2.23. The Labute approximate surface area is 132 Å². The number of hydrogen-bond acceptors (Lipinski definition) is 5. The average Bonchev–Trinajstić information content (AvgIpc) is 2.76. The molecule has 1 N–H and O–H groups in total. The molecule has 6 nitrogen and oxygen atoms in total. The highest BCUT2D eigenvalue weighted by Gasteiger charge is 2.06. The van der Waals surface area contributed by atoms with E-state index in [1.807, 2.05) is 6.92 Å². The van der Waals surface area contributed by atoms with Crippen molar-refractivity contribution in [2.75, 3.05) is 5.43 Å². The van der Waals surface area contributed by atoms with Crippen LogP contribution in [-0.4, -0.2) is 16.8 Å². The molecule has 22 heavy (non-hydrogen) atoms. The van der Waals surface area contributed by atoms with E-state index in [9.17, 15) is 9.90 Å². The first-order valence-electron chi connectivity index (χ1n) is 6.30. The molecule has 2 rings (SSSR count). The van der Waals surface area contributed by atoms with E-state index >= 15 is 0 Å². The van der Waals surface area contributed by atoms with Gasteiger partial charge in [0.1, 0.15) is 11.8 Å². The van der Waals surface area contributed by atoms with Gasteiger partial charge in [-0.1, -0.05) is 17.7 Å². The Morgan fingerprint density at radius 1 is 1.50 bits per heavy atom. The number of hydrogen-bond donors (Lipinski definition) is 1. The minimum atomic E-state index is -1.29. The summed E-state index contributed by atoms with van der Waals surface area (Å²) in [6.07, 6.45) is 1.54. The van der Waals surface area contributed by atoms with Gasteiger partial charge in [0, 0.05) is 18.3 Å². The first kappa shape index (κ1) is 15.6. The van der Waals surface area contributed by atoms with Crippen LogP contribution in [0.4, 0.5) is 5.69 Å². The molecular weight excluding hydrogens is 304 g/mol. The lowest BCUT2D eigenvalue weighted by Gasteiger charge is -2.07. The lowest BCUT2D eigenvalue weighted by Crippen LogP contribution is -2.22. The standard InChI is InChI=1S/C15H13ClN4O2/c1-9-11(5-12(7-17)20(9)2)8-18-19-14-6-10(15(21)22)3-4-13(14)16/h3-6,8,19H,1-2H3,(H,21,22)/p-1/b18-8-. The number of nitrogens with one attached hydrogen (secondary N) is 1. The summed E-state index contributed by atoms with van der Waals surface area (Å²) in [7, 11) is 1.79. The van der Waals surface area contributed by atoms with Gasteiger partial charge in [-0.05, 0) is 30.7 Å². The Morgan fingerprint density at radius 2 is 2.23 bits per heavy atom. The predicted octanol–water partition coefficient (Wildman–Crippen LogP) is 1.67. The molecule has 0 unspecified atom stereocenters. The van der Waals surface area contributed by atoms with E-state index in [0.717, 1.165) is 11.3 Å². The molecule has 0 saturated heterocycles. The fraction of sp³-hybridized carbons (Fsp3) is 0.133. The lowest BCUT2D eigenvalue weighted by atomic mass is 10.2. The third-order valence-corrected chi connectivity index (χ3v) is 3.61. The summed E-state index contributed by atoms with van der Waals surface area (Å²) in [5, 5.41) is 24.2. The molecule has 1 aromatic carbocycles. The van der Waals surface area contributed by atoms with Crippen molar-refractivity contribution in [2.24, 2.45) is 12.1 Å². The van der Waals surface area contributed by atoms with Gasteiger partial charge in [0.2, 0.25) is 0 Å². The van der Waals surface area contributed by atoms with Crippen LogP contribution < -0.4 is 10.5 Å². The zero-order valence-corrected chi connectivity index (χ0v) is 12.7. The molecule has 0 spiro atoms. The van der Waals surface area contributed by atoms with Crippen LogP contribution in [0.15, 0.2) is 29.4 Å². The first-order valence-corrected chi connectivity index (χ1v) is 6.68. The van der Waals surface area contributed by atoms with E-state index in [0.29, 0.717) is 16.4 Å². The molecule has 112 valence electrons. The van der Waals surface area contributed by atoms with Gasteiger partial charge in [-0.15, -0.1) is 0 Å². The zero-order chi connectivity index (χ0) is 16.3. The van der Waals surface area contributed by atoms with Crippen LogP contribution in [0.25, 0.3) is 0 Å². The van der Waals surface area contributed by atoms with Crippen molar-refractivity contribution >= 4 is 29.5 Å². The lowest BCUT2D eigenvalue weighted by molar-refractivity contribution is -0.255. The Kier molecular flexibility index (Phi) is 4.49. The number of carboxylic acid groups (broad SMARTS) is 1. The number of carbonyl (C=O) groups is 1. The molecule has 2 aromatic rings. The number of aromatic nitrogens is 1. The highest BCUT2D eigenvalue weighted by atomic mass is 35.5. The summed E-state index contributed by atoms with van der Waals surface area (Å²) < 4.78 is 1.76. The van der Waals surface area contributed by atoms with Crippen molar-refractivity contribution in [1.29, 1.82) is 5.26 Å². The third kappa shape index (κ3) is 3.10. The average molecular weight is 316 g/mol. The van der Waals surface area contributed by atoms with Crippen molar-refractivity contribution in [1.82, 2.24) is 4.57 Å². The van der Waals surface area contributed by atoms with E-state index in [1.54, 1.807) is 17.7 Å². The van der Waals surface area contributed by atoms with Crippen LogP contribution in [0.3, 0.4) is 0 Å². The largest absolute Gasteiger partial charge is 0.545 e. The van der Waals surface area contributed by atoms with Crippen molar-refractivity contribution in [3.8, 4) is 6.07 Å². The quantitative estimate of drug-likeness (QED) is 0.686. The third-order valence-electron chi connectivity index (χ3n) is 3.28. The fourth-order valence-corrected chi connectivity index (χ4v) is 2.03. The molecule has 7 heteroatoms. The molecule has 0 atom stereocenters. The second-order valence-corrected chi connectivity index (χ2v) is 5.00. The fourth-order valence-electron chi connectivity index (χ4n) is 1.87. The highest BCUT2D eigenvalue weighted by molar-refractivity contribution is 6.33. The number of nitrogens with zero attached hydrogens (tertiary/aromatic N) is 3. The molecule has 0 aliphatic carbocycles. The molecule has 1 aromatic heterocycles. The van der Waals surface area contributed by atoms with E-state index in [2.05, 4.69) is 16.6 Å². The number of rotatable bonds is 4. The maximum Gasteiger partial charge on any atom is 0.120 e. The number of carbonyl (C=O) groups excluding carboxylic acids is 1. The predicted molar refractivity (Wildman–Crippen MR) is 81.9 cm³/mol. The number of aromatic carboxylic acids is 1. The van der Waals surface area contributed by atoms with Gasteiger partial charge in [-0.25, -0.2) is 0 Å². The van der Waals surface area contributed by atoms with Crippen LogP contribution in [0.2, 0.25) is 5.02 Å². The molecule has 0 saturated carbocycles. The summed E-state index contributed by atoms with van der Waals surface area (Å²) in [4.78, 5) is 10.8. The Hall–Kier alpha value is -2.78. The van der Waals surface area contributed by atoms with Gasteiger partial charge in [-0.2, -0.15) is 10.4 Å². The molecular formula is C15H12ClN4O2-. The smallest absolute Gasteiger partial charge is 0.120 e. The summed E-state index contributed by atoms with van der Waals surface area (Å²) in [6.45, 7) is 1.87. The summed E-state index contributed by atoms with van der Waals surface area (Å²) >= 11 is 5.97. The van der Waals surface area contributed by atoms with Crippen molar-refractivity contribution in [3.63, 3.8) is 0 Å². The van der Waals surface area contributed by atoms with Gasteiger partial charge >= 0.3 is 0 Å². The van der Waals surface area contributed by atoms with Crippen molar-refractivity contribution in [3.05, 3.63) is 51.8 Å².